The molecule has 3 amide bonds. The molecule has 1 heterocycles. The lowest BCUT2D eigenvalue weighted by Crippen LogP contribution is -2.37. The second-order valence-corrected chi connectivity index (χ2v) is 7.24. The maximum absolute atomic E-state index is 12.7. The van der Waals surface area contributed by atoms with E-state index in [1.807, 2.05) is 0 Å². The number of nitrogens with one attached hydrogen (secondary N) is 2. The number of nitro groups is 1. The molecule has 9 nitrogen and oxygen atoms in total. The average molecular weight is 428 g/mol. The van der Waals surface area contributed by atoms with Gasteiger partial charge in [0.1, 0.15) is 5.69 Å². The molecule has 0 spiro atoms. The van der Waals surface area contributed by atoms with Gasteiger partial charge in [-0.1, -0.05) is 12.8 Å². The van der Waals surface area contributed by atoms with Crippen molar-refractivity contribution in [2.24, 2.45) is 11.8 Å². The first-order valence-corrected chi connectivity index (χ1v) is 9.35. The number of halogens is 3. The summed E-state index contributed by atoms with van der Waals surface area (Å²) in [5.41, 5.74) is 1.98. The highest BCUT2D eigenvalue weighted by molar-refractivity contribution is 6.05. The Kier molecular flexibility index (Phi) is 5.94. The maximum atomic E-state index is 12.7. The van der Waals surface area contributed by atoms with E-state index in [1.165, 1.54) is 0 Å². The normalized spacial score (nSPS) is 21.4. The van der Waals surface area contributed by atoms with Crippen LogP contribution in [-0.4, -0.2) is 34.1 Å². The number of carbonyl (C=O) groups excluding carboxylic acids is 3. The molecule has 2 unspecified atom stereocenters. The minimum atomic E-state index is -4.75. The van der Waals surface area contributed by atoms with Gasteiger partial charge in [-0.05, 0) is 25.0 Å². The van der Waals surface area contributed by atoms with E-state index in [9.17, 15) is 37.7 Å². The van der Waals surface area contributed by atoms with Gasteiger partial charge in [0.2, 0.25) is 17.7 Å². The molecule has 1 aromatic carbocycles. The van der Waals surface area contributed by atoms with Crippen molar-refractivity contribution in [1.82, 2.24) is 10.3 Å². The summed E-state index contributed by atoms with van der Waals surface area (Å²) >= 11 is 0. The van der Waals surface area contributed by atoms with Crippen molar-refractivity contribution in [3.05, 3.63) is 33.9 Å². The van der Waals surface area contributed by atoms with E-state index in [0.29, 0.717) is 25.0 Å². The molecule has 162 valence electrons. The van der Waals surface area contributed by atoms with E-state index in [1.54, 1.807) is 0 Å². The van der Waals surface area contributed by atoms with Gasteiger partial charge in [-0.15, -0.1) is 0 Å². The number of imide groups is 1. The lowest BCUT2D eigenvalue weighted by molar-refractivity contribution is -0.384. The van der Waals surface area contributed by atoms with Gasteiger partial charge in [-0.2, -0.15) is 13.2 Å². The van der Waals surface area contributed by atoms with E-state index in [-0.39, 0.29) is 42.3 Å². The molecule has 3 rings (SSSR count). The third kappa shape index (κ3) is 4.36. The number of benzene rings is 1. The van der Waals surface area contributed by atoms with Crippen molar-refractivity contribution >= 4 is 29.1 Å². The minimum absolute atomic E-state index is 0.132. The number of likely N-dealkylation sites (tertiary alicyclic amines) is 1. The van der Waals surface area contributed by atoms with Crippen LogP contribution in [0.1, 0.15) is 37.7 Å². The molecule has 2 N–H and O–H groups in total. The number of fused-ring (bicyclic) bond motifs is 1. The van der Waals surface area contributed by atoms with Crippen molar-refractivity contribution in [3.63, 3.8) is 0 Å². The average Bonchev–Trinajstić information content (AvgIpc) is 2.94. The summed E-state index contributed by atoms with van der Waals surface area (Å²) in [6.45, 7) is -0.132. The van der Waals surface area contributed by atoms with Crippen LogP contribution in [0.15, 0.2) is 18.2 Å². The standard InChI is InChI=1S/C18H19F3N4O5/c19-18(20,21)10-5-6-13(14(9-10)25(29)30)22-23-15(26)7-8-24-16(27)11-3-1-2-4-12(11)17(24)28/h5-6,9,11-12,22H,1-4,7-8H2,(H,23,26). The first-order chi connectivity index (χ1) is 14.1. The number of hydrogen-bond donors (Lipinski definition) is 2. The molecule has 0 radical (unpaired) electrons. The zero-order valence-electron chi connectivity index (χ0n) is 15.7. The zero-order chi connectivity index (χ0) is 22.1. The predicted molar refractivity (Wildman–Crippen MR) is 96.6 cm³/mol. The lowest BCUT2D eigenvalue weighted by Gasteiger charge is -2.19. The Bertz CT molecular complexity index is 865. The van der Waals surface area contributed by atoms with Crippen molar-refractivity contribution in [2.75, 3.05) is 12.0 Å². The maximum Gasteiger partial charge on any atom is 0.416 e. The molecule has 1 aromatic rings. The van der Waals surface area contributed by atoms with Crippen molar-refractivity contribution in [3.8, 4) is 0 Å². The first kappa shape index (κ1) is 21.5. The predicted octanol–water partition coefficient (Wildman–Crippen LogP) is 2.62. The number of nitro benzene ring substituents is 1. The molecule has 12 heteroatoms. The smallest absolute Gasteiger partial charge is 0.292 e. The molecule has 2 aliphatic rings. The molecule has 1 aliphatic heterocycles. The molecule has 2 fully saturated rings. The third-order valence-corrected chi connectivity index (χ3v) is 5.35. The fourth-order valence-corrected chi connectivity index (χ4v) is 3.83. The summed E-state index contributed by atoms with van der Waals surface area (Å²) in [5.74, 6) is -1.92. The second kappa shape index (κ2) is 8.28. The number of anilines is 1. The molecule has 2 atom stereocenters. The van der Waals surface area contributed by atoms with Gasteiger partial charge in [-0.3, -0.25) is 40.2 Å². The molecule has 0 aromatic heterocycles. The second-order valence-electron chi connectivity index (χ2n) is 7.24. The highest BCUT2D eigenvalue weighted by Crippen LogP contribution is 2.38. The monoisotopic (exact) mass is 428 g/mol. The number of rotatable bonds is 6. The summed E-state index contributed by atoms with van der Waals surface area (Å²) in [5, 5.41) is 11.0. The van der Waals surface area contributed by atoms with Crippen molar-refractivity contribution < 1.29 is 32.5 Å². The van der Waals surface area contributed by atoms with Crippen LogP contribution in [0.5, 0.6) is 0 Å². The Balaban J connectivity index is 1.58. The third-order valence-electron chi connectivity index (χ3n) is 5.35. The minimum Gasteiger partial charge on any atom is -0.292 e. The topological polar surface area (TPSA) is 122 Å². The largest absolute Gasteiger partial charge is 0.416 e. The number of carbonyl (C=O) groups is 3. The van der Waals surface area contributed by atoms with Crippen LogP contribution >= 0.6 is 0 Å². The highest BCUT2D eigenvalue weighted by atomic mass is 19.4. The van der Waals surface area contributed by atoms with E-state index >= 15 is 0 Å². The van der Waals surface area contributed by atoms with Crippen LogP contribution in [0.2, 0.25) is 0 Å². The van der Waals surface area contributed by atoms with E-state index in [4.69, 9.17) is 0 Å². The van der Waals surface area contributed by atoms with Crippen LogP contribution in [-0.2, 0) is 20.6 Å². The number of hydrazine groups is 1. The van der Waals surface area contributed by atoms with Crippen LogP contribution in [0, 0.1) is 22.0 Å². The number of hydrogen-bond acceptors (Lipinski definition) is 6. The SMILES string of the molecule is O=C(CCN1C(=O)C2CCCCC2C1=O)NNc1ccc(C(F)(F)F)cc1[N+](=O)[O-]. The van der Waals surface area contributed by atoms with E-state index in [0.717, 1.165) is 23.8 Å². The first-order valence-electron chi connectivity index (χ1n) is 9.35. The Hall–Kier alpha value is -3.18. The molecular formula is C18H19F3N4O5. The van der Waals surface area contributed by atoms with Gasteiger partial charge in [0.05, 0.1) is 22.3 Å². The molecule has 1 saturated heterocycles. The molecule has 30 heavy (non-hydrogen) atoms. The Morgan fingerprint density at radius 2 is 1.77 bits per heavy atom. The Labute approximate surface area is 168 Å². The van der Waals surface area contributed by atoms with Gasteiger partial charge >= 0.3 is 6.18 Å². The van der Waals surface area contributed by atoms with Gasteiger partial charge < -0.3 is 0 Å². The van der Waals surface area contributed by atoms with Gasteiger partial charge in [0.25, 0.3) is 5.69 Å². The van der Waals surface area contributed by atoms with Crippen LogP contribution in [0.4, 0.5) is 24.5 Å². The molecule has 1 saturated carbocycles. The Morgan fingerprint density at radius 1 is 1.17 bits per heavy atom. The molecule has 0 bridgehead atoms. The van der Waals surface area contributed by atoms with Crippen LogP contribution in [0.3, 0.4) is 0 Å². The van der Waals surface area contributed by atoms with Gasteiger partial charge in [-0.25, -0.2) is 0 Å². The molecular weight excluding hydrogens is 409 g/mol. The molecule has 1 aliphatic carbocycles. The summed E-state index contributed by atoms with van der Waals surface area (Å²) in [6.07, 6.45) is -1.94. The van der Waals surface area contributed by atoms with Crippen LogP contribution in [0.25, 0.3) is 0 Å². The van der Waals surface area contributed by atoms with E-state index < -0.39 is 28.3 Å². The summed E-state index contributed by atoms with van der Waals surface area (Å²) in [6, 6.07) is 1.84. The van der Waals surface area contributed by atoms with E-state index in [2.05, 4.69) is 10.9 Å². The quantitative estimate of drug-likeness (QED) is 0.408. The zero-order valence-corrected chi connectivity index (χ0v) is 15.7. The summed E-state index contributed by atoms with van der Waals surface area (Å²) in [4.78, 5) is 47.9. The van der Waals surface area contributed by atoms with Gasteiger partial charge in [0.15, 0.2) is 0 Å². The Morgan fingerprint density at radius 3 is 2.30 bits per heavy atom. The van der Waals surface area contributed by atoms with Crippen LogP contribution < -0.4 is 10.9 Å². The number of alkyl halides is 3. The summed E-state index contributed by atoms with van der Waals surface area (Å²) < 4.78 is 38.2. The lowest BCUT2D eigenvalue weighted by atomic mass is 9.81. The summed E-state index contributed by atoms with van der Waals surface area (Å²) in [7, 11) is 0. The number of nitrogens with zero attached hydrogens (tertiary/aromatic N) is 2. The highest BCUT2D eigenvalue weighted by Gasteiger charge is 2.47. The number of amides is 3. The van der Waals surface area contributed by atoms with Crippen molar-refractivity contribution in [1.29, 1.82) is 0 Å². The fraction of sp³-hybridized carbons (Fsp3) is 0.500. The van der Waals surface area contributed by atoms with Crippen molar-refractivity contribution in [2.45, 2.75) is 38.3 Å². The fourth-order valence-electron chi connectivity index (χ4n) is 3.83. The van der Waals surface area contributed by atoms with Gasteiger partial charge in [0, 0.05) is 19.0 Å².